The predicted molar refractivity (Wildman–Crippen MR) is 154 cm³/mol. The number of aryl methyl sites for hydroxylation is 1. The van der Waals surface area contributed by atoms with Crippen LogP contribution in [0.4, 0.5) is 5.69 Å². The van der Waals surface area contributed by atoms with Crippen molar-refractivity contribution < 1.29 is 23.8 Å². The van der Waals surface area contributed by atoms with Crippen LogP contribution in [-0.2, 0) is 4.79 Å². The van der Waals surface area contributed by atoms with E-state index in [0.717, 1.165) is 16.8 Å². The Hall–Kier alpha value is -4.70. The molecule has 3 heterocycles. The molecule has 0 aliphatic carbocycles. The van der Waals surface area contributed by atoms with Crippen LogP contribution in [0.1, 0.15) is 45.9 Å². The summed E-state index contributed by atoms with van der Waals surface area (Å²) in [7, 11) is 1.56. The van der Waals surface area contributed by atoms with Gasteiger partial charge in [-0.2, -0.15) is 0 Å². The number of benzene rings is 2. The molecule has 2 aromatic heterocycles. The van der Waals surface area contributed by atoms with Gasteiger partial charge in [-0.25, -0.2) is 4.79 Å². The molecule has 10 heteroatoms. The molecule has 1 amide bonds. The van der Waals surface area contributed by atoms with Crippen molar-refractivity contribution in [2.45, 2.75) is 25.4 Å². The molecule has 2 aromatic carbocycles. The molecular formula is C30H28N4O5S. The maximum absolute atomic E-state index is 12.9. The van der Waals surface area contributed by atoms with Gasteiger partial charge in [0.25, 0.3) is 0 Å². The summed E-state index contributed by atoms with van der Waals surface area (Å²) in [4.78, 5) is 30.8. The minimum atomic E-state index is -0.982. The third-order valence-corrected chi connectivity index (χ3v) is 7.17. The quantitative estimate of drug-likeness (QED) is 0.234. The molecule has 3 N–H and O–H groups in total. The van der Waals surface area contributed by atoms with Crippen molar-refractivity contribution in [1.29, 1.82) is 0 Å². The number of anilines is 1. The molecule has 204 valence electrons. The summed E-state index contributed by atoms with van der Waals surface area (Å²) in [5, 5.41) is 16.1. The zero-order valence-electron chi connectivity index (χ0n) is 22.0. The number of ether oxygens (including phenoxy) is 1. The molecule has 0 saturated carbocycles. The SMILES string of the molecule is COc1ccccc1NC(=O)CCN1C(=S)NC(c2ccccn2)C1c1ccc(-c2ccc(C(=O)O)cc2C)o1. The van der Waals surface area contributed by atoms with Crippen LogP contribution in [-0.4, -0.2) is 45.6 Å². The number of furan rings is 1. The normalized spacial score (nSPS) is 16.4. The van der Waals surface area contributed by atoms with Crippen LogP contribution in [0.3, 0.4) is 0 Å². The third kappa shape index (κ3) is 5.52. The number of carbonyl (C=O) groups excluding carboxylic acids is 1. The fraction of sp³-hybridized carbons (Fsp3) is 0.200. The first-order valence-electron chi connectivity index (χ1n) is 12.7. The van der Waals surface area contributed by atoms with Crippen LogP contribution in [0.2, 0.25) is 0 Å². The Morgan fingerprint density at radius 2 is 1.93 bits per heavy atom. The van der Waals surface area contributed by atoms with Gasteiger partial charge in [-0.1, -0.05) is 24.3 Å². The molecule has 9 nitrogen and oxygen atoms in total. The van der Waals surface area contributed by atoms with Crippen LogP contribution in [0.25, 0.3) is 11.3 Å². The van der Waals surface area contributed by atoms with E-state index in [1.54, 1.807) is 43.6 Å². The zero-order chi connectivity index (χ0) is 28.2. The van der Waals surface area contributed by atoms with Gasteiger partial charge in [0.15, 0.2) is 5.11 Å². The van der Waals surface area contributed by atoms with Crippen molar-refractivity contribution in [3.05, 3.63) is 102 Å². The number of rotatable bonds is 9. The fourth-order valence-corrected chi connectivity index (χ4v) is 5.20. The lowest BCUT2D eigenvalue weighted by Crippen LogP contribution is -2.32. The van der Waals surface area contributed by atoms with E-state index in [1.165, 1.54) is 0 Å². The molecule has 1 fully saturated rings. The Labute approximate surface area is 236 Å². The molecular weight excluding hydrogens is 528 g/mol. The topological polar surface area (TPSA) is 117 Å². The molecule has 40 heavy (non-hydrogen) atoms. The van der Waals surface area contributed by atoms with Crippen LogP contribution < -0.4 is 15.4 Å². The standard InChI is InChI=1S/C30H28N4O5S/c1-18-17-19(29(36)37)10-11-20(18)23-12-13-25(39-23)28-27(22-8-5-6-15-31-22)33-30(40)34(28)16-14-26(35)32-21-7-3-4-9-24(21)38-2/h3-13,15,17,27-28H,14,16H2,1-2H3,(H,32,35)(H,33,40)(H,36,37). The van der Waals surface area contributed by atoms with Gasteiger partial charge in [-0.15, -0.1) is 0 Å². The van der Waals surface area contributed by atoms with Gasteiger partial charge in [-0.3, -0.25) is 9.78 Å². The summed E-state index contributed by atoms with van der Waals surface area (Å²) in [6.45, 7) is 2.18. The summed E-state index contributed by atoms with van der Waals surface area (Å²) < 4.78 is 11.7. The highest BCUT2D eigenvalue weighted by Crippen LogP contribution is 2.41. The van der Waals surface area contributed by atoms with Crippen LogP contribution in [0.15, 0.2) is 83.4 Å². The second-order valence-electron chi connectivity index (χ2n) is 9.36. The van der Waals surface area contributed by atoms with E-state index in [0.29, 0.717) is 34.6 Å². The van der Waals surface area contributed by atoms with Gasteiger partial charge in [0.2, 0.25) is 5.91 Å². The minimum absolute atomic E-state index is 0.175. The first-order chi connectivity index (χ1) is 19.4. The lowest BCUT2D eigenvalue weighted by atomic mass is 10.0. The van der Waals surface area contributed by atoms with Crippen molar-refractivity contribution in [2.75, 3.05) is 19.0 Å². The number of carboxylic acids is 1. The first-order valence-corrected chi connectivity index (χ1v) is 13.1. The Morgan fingerprint density at radius 3 is 2.65 bits per heavy atom. The van der Waals surface area contributed by atoms with Crippen molar-refractivity contribution in [3.8, 4) is 17.1 Å². The van der Waals surface area contributed by atoms with Crippen LogP contribution in [0.5, 0.6) is 5.75 Å². The lowest BCUT2D eigenvalue weighted by Gasteiger charge is -2.26. The van der Waals surface area contributed by atoms with Gasteiger partial charge in [0.05, 0.1) is 30.1 Å². The average molecular weight is 557 g/mol. The van der Waals surface area contributed by atoms with E-state index in [2.05, 4.69) is 15.6 Å². The van der Waals surface area contributed by atoms with Crippen molar-refractivity contribution in [1.82, 2.24) is 15.2 Å². The number of aromatic carboxylic acids is 1. The van der Waals surface area contributed by atoms with E-state index >= 15 is 0 Å². The maximum atomic E-state index is 12.9. The van der Waals surface area contributed by atoms with E-state index < -0.39 is 5.97 Å². The number of pyridine rings is 1. The highest BCUT2D eigenvalue weighted by Gasteiger charge is 2.41. The first kappa shape index (κ1) is 26.9. The Bertz CT molecular complexity index is 1550. The number of amides is 1. The molecule has 4 aromatic rings. The van der Waals surface area contributed by atoms with E-state index in [9.17, 15) is 14.7 Å². The molecule has 2 unspecified atom stereocenters. The second-order valence-corrected chi connectivity index (χ2v) is 9.74. The van der Waals surface area contributed by atoms with Crippen molar-refractivity contribution in [3.63, 3.8) is 0 Å². The van der Waals surface area contributed by atoms with Gasteiger partial charge >= 0.3 is 5.97 Å². The number of aromatic nitrogens is 1. The largest absolute Gasteiger partial charge is 0.495 e. The molecule has 1 aliphatic heterocycles. The molecule has 5 rings (SSSR count). The highest BCUT2D eigenvalue weighted by molar-refractivity contribution is 7.80. The number of methoxy groups -OCH3 is 1. The lowest BCUT2D eigenvalue weighted by molar-refractivity contribution is -0.116. The number of thiocarbonyl (C=S) groups is 1. The zero-order valence-corrected chi connectivity index (χ0v) is 22.8. The summed E-state index contributed by atoms with van der Waals surface area (Å²) in [5.41, 5.74) is 3.18. The molecule has 0 spiro atoms. The average Bonchev–Trinajstić information content (AvgIpc) is 3.56. The van der Waals surface area contributed by atoms with Crippen molar-refractivity contribution >= 4 is 34.9 Å². The molecule has 1 saturated heterocycles. The number of nitrogens with zero attached hydrogens (tertiary/aromatic N) is 2. The van der Waals surface area contributed by atoms with Crippen LogP contribution in [0, 0.1) is 6.92 Å². The summed E-state index contributed by atoms with van der Waals surface area (Å²) in [6.07, 6.45) is 1.90. The summed E-state index contributed by atoms with van der Waals surface area (Å²) in [6, 6.07) is 20.9. The number of hydrogen-bond donors (Lipinski definition) is 3. The monoisotopic (exact) mass is 556 g/mol. The van der Waals surface area contributed by atoms with Gasteiger partial charge in [0, 0.05) is 24.7 Å². The van der Waals surface area contributed by atoms with E-state index in [-0.39, 0.29) is 30.0 Å². The van der Waals surface area contributed by atoms with Gasteiger partial charge < -0.3 is 29.8 Å². The van der Waals surface area contributed by atoms with E-state index in [1.807, 2.05) is 54.3 Å². The fourth-order valence-electron chi connectivity index (χ4n) is 4.87. The molecule has 2 atom stereocenters. The van der Waals surface area contributed by atoms with Gasteiger partial charge in [0.1, 0.15) is 23.3 Å². The predicted octanol–water partition coefficient (Wildman–Crippen LogP) is 5.36. The maximum Gasteiger partial charge on any atom is 0.335 e. The second kappa shape index (κ2) is 11.6. The Kier molecular flexibility index (Phi) is 7.79. The van der Waals surface area contributed by atoms with Crippen molar-refractivity contribution in [2.24, 2.45) is 0 Å². The Morgan fingerprint density at radius 1 is 1.12 bits per heavy atom. The minimum Gasteiger partial charge on any atom is -0.495 e. The number of hydrogen-bond acceptors (Lipinski definition) is 6. The number of carboxylic acid groups (broad SMARTS) is 1. The molecule has 1 aliphatic rings. The summed E-state index contributed by atoms with van der Waals surface area (Å²) >= 11 is 5.71. The van der Waals surface area contributed by atoms with Gasteiger partial charge in [-0.05, 0) is 73.2 Å². The Balaban J connectivity index is 1.41. The van der Waals surface area contributed by atoms with E-state index in [4.69, 9.17) is 21.4 Å². The summed E-state index contributed by atoms with van der Waals surface area (Å²) in [5.74, 6) is 0.670. The number of para-hydroxylation sites is 2. The number of nitrogens with one attached hydrogen (secondary N) is 2. The third-order valence-electron chi connectivity index (χ3n) is 6.82. The smallest absolute Gasteiger partial charge is 0.335 e. The highest BCUT2D eigenvalue weighted by atomic mass is 32.1. The number of carbonyl (C=O) groups is 2. The molecule has 0 bridgehead atoms. The van der Waals surface area contributed by atoms with Crippen LogP contribution >= 0.6 is 12.2 Å². The molecule has 0 radical (unpaired) electrons.